The van der Waals surface area contributed by atoms with Crippen molar-refractivity contribution >= 4 is 112 Å². The van der Waals surface area contributed by atoms with E-state index in [0.29, 0.717) is 0 Å². The van der Waals surface area contributed by atoms with Gasteiger partial charge in [-0.05, 0) is 237 Å². The second-order valence-electron chi connectivity index (χ2n) is 32.6. The number of benzene rings is 18. The summed E-state index contributed by atoms with van der Waals surface area (Å²) in [6.45, 7) is 4.67. The maximum atomic E-state index is 2.40. The standard InChI is InChI=1S/C60H43N4.C57H42N2/c1-5-17-45(18-6-1)61(51-37-39-59-55(41-51)53-25-13-15-27-57(53)63(59)47-21-9-3-10-22-47)49-33-29-43(30-34-49)44-31-35-50(36-32-44)62(46-19-7-2-8-20-46)52-38-40-60-56(42-52)54-26-14-16-28-58(54)64(60)48-23-11-4-12-24-48;1-57(2)53-19-11-9-17-49(53)51-37-43(27-35-54(51)57)41-23-31-47(32-24-41)58(46-29-21-40(22-30-46)39-13-5-3-6-14-39)48-33-25-42(26-34-48)44-28-36-56-52(38-44)50-18-10-12-20-55(50)59(56)45-15-7-4-8-16-45/h1-42,53H;3-38H,1-2H3/q+1;. The highest BCUT2D eigenvalue weighted by molar-refractivity contribution is 6.13. The first kappa shape index (κ1) is 73.5. The number of anilines is 9. The van der Waals surface area contributed by atoms with Crippen LogP contribution in [-0.2, 0) is 5.41 Å². The third-order valence-corrected chi connectivity index (χ3v) is 25.1. The molecule has 0 amide bonds. The predicted molar refractivity (Wildman–Crippen MR) is 519 cm³/mol. The van der Waals surface area contributed by atoms with Crippen LogP contribution in [0.15, 0.2) is 473 Å². The quantitative estimate of drug-likeness (QED) is 0.0901. The molecule has 0 bridgehead atoms. The van der Waals surface area contributed by atoms with Gasteiger partial charge in [-0.1, -0.05) is 293 Å². The van der Waals surface area contributed by atoms with E-state index < -0.39 is 0 Å². The lowest BCUT2D eigenvalue weighted by Gasteiger charge is -2.26. The Morgan fingerprint density at radius 2 is 0.602 bits per heavy atom. The Kier molecular flexibility index (Phi) is 18.6. The average molecular weight is 1580 g/mol. The van der Waals surface area contributed by atoms with Gasteiger partial charge in [-0.2, -0.15) is 4.58 Å². The van der Waals surface area contributed by atoms with Gasteiger partial charge in [0.1, 0.15) is 0 Å². The molecule has 18 aromatic carbocycles. The Morgan fingerprint density at radius 1 is 0.252 bits per heavy atom. The molecule has 6 heteroatoms. The maximum absolute atomic E-state index is 2.40. The average Bonchev–Trinajstić information content (AvgIpc) is 1.58. The largest absolute Gasteiger partial charge is 0.311 e. The van der Waals surface area contributed by atoms with Crippen molar-refractivity contribution in [2.75, 3.05) is 14.7 Å². The Balaban J connectivity index is 0.000000147. The molecule has 20 aromatic rings. The zero-order chi connectivity index (χ0) is 81.9. The number of fused-ring (bicyclic) bond motifs is 12. The van der Waals surface area contributed by atoms with Gasteiger partial charge in [0.15, 0.2) is 5.71 Å². The van der Waals surface area contributed by atoms with Gasteiger partial charge in [0.05, 0.1) is 28.0 Å². The summed E-state index contributed by atoms with van der Waals surface area (Å²) in [6.07, 6.45) is 8.89. The Bertz CT molecular complexity index is 7440. The second-order valence-corrected chi connectivity index (χ2v) is 32.6. The predicted octanol–water partition coefficient (Wildman–Crippen LogP) is 31.5. The molecule has 0 saturated heterocycles. The van der Waals surface area contributed by atoms with Gasteiger partial charge < -0.3 is 23.8 Å². The molecule has 1 atom stereocenters. The van der Waals surface area contributed by atoms with Crippen molar-refractivity contribution in [3.05, 3.63) is 490 Å². The van der Waals surface area contributed by atoms with Crippen molar-refractivity contribution in [3.8, 4) is 67.0 Å². The molecule has 3 aliphatic rings. The van der Waals surface area contributed by atoms with Crippen molar-refractivity contribution in [2.24, 2.45) is 0 Å². The fourth-order valence-electron chi connectivity index (χ4n) is 19.2. The highest BCUT2D eigenvalue weighted by atomic mass is 15.2. The molecule has 0 fully saturated rings. The van der Waals surface area contributed by atoms with Crippen molar-refractivity contribution in [3.63, 3.8) is 0 Å². The van der Waals surface area contributed by atoms with Gasteiger partial charge >= 0.3 is 0 Å². The molecule has 6 nitrogen and oxygen atoms in total. The van der Waals surface area contributed by atoms with Crippen LogP contribution in [0.1, 0.15) is 36.5 Å². The minimum absolute atomic E-state index is 0.00401. The number of para-hydroxylation sites is 7. The van der Waals surface area contributed by atoms with Gasteiger partial charge in [-0.25, -0.2) is 0 Å². The van der Waals surface area contributed by atoms with Crippen LogP contribution >= 0.6 is 0 Å². The minimum Gasteiger partial charge on any atom is -0.311 e. The van der Waals surface area contributed by atoms with E-state index in [0.717, 1.165) is 68.0 Å². The molecule has 0 saturated carbocycles. The first-order valence-corrected chi connectivity index (χ1v) is 42.5. The summed E-state index contributed by atoms with van der Waals surface area (Å²) in [5.41, 5.74) is 37.1. The zero-order valence-corrected chi connectivity index (χ0v) is 68.3. The van der Waals surface area contributed by atoms with Gasteiger partial charge in [-0.3, -0.25) is 0 Å². The lowest BCUT2D eigenvalue weighted by atomic mass is 9.82. The monoisotopic (exact) mass is 1570 g/mol. The van der Waals surface area contributed by atoms with Gasteiger partial charge in [0.2, 0.25) is 11.4 Å². The van der Waals surface area contributed by atoms with E-state index in [9.17, 15) is 0 Å². The summed E-state index contributed by atoms with van der Waals surface area (Å²) < 4.78 is 7.14. The van der Waals surface area contributed by atoms with Gasteiger partial charge in [0.25, 0.3) is 0 Å². The number of rotatable bonds is 16. The van der Waals surface area contributed by atoms with Gasteiger partial charge in [0, 0.05) is 119 Å². The van der Waals surface area contributed by atoms with Crippen LogP contribution in [-0.4, -0.2) is 14.8 Å². The number of hydrogen-bond acceptors (Lipinski definition) is 3. The van der Waals surface area contributed by atoms with E-state index in [1.165, 1.54) is 128 Å². The highest BCUT2D eigenvalue weighted by Gasteiger charge is 2.40. The molecule has 0 N–H and O–H groups in total. The third kappa shape index (κ3) is 13.3. The maximum Gasteiger partial charge on any atom is 0.215 e. The van der Waals surface area contributed by atoms with Crippen molar-refractivity contribution < 1.29 is 0 Å². The number of allylic oxidation sites excluding steroid dienone is 4. The molecular formula is C117H85N6+. The molecular weight excluding hydrogens is 1490 g/mol. The van der Waals surface area contributed by atoms with Crippen LogP contribution in [0.4, 0.5) is 62.6 Å². The number of nitrogens with zero attached hydrogens (tertiary/aromatic N) is 6. The van der Waals surface area contributed by atoms with Crippen LogP contribution in [0.3, 0.4) is 0 Å². The van der Waals surface area contributed by atoms with Crippen LogP contribution in [0, 0.1) is 0 Å². The van der Waals surface area contributed by atoms with Crippen molar-refractivity contribution in [2.45, 2.75) is 25.2 Å². The van der Waals surface area contributed by atoms with Crippen LogP contribution in [0.5, 0.6) is 0 Å². The lowest BCUT2D eigenvalue weighted by Crippen LogP contribution is -2.14. The van der Waals surface area contributed by atoms with Crippen LogP contribution in [0.2, 0.25) is 0 Å². The molecule has 0 spiro atoms. The first-order valence-electron chi connectivity index (χ1n) is 42.5. The van der Waals surface area contributed by atoms with E-state index in [1.807, 2.05) is 0 Å². The second kappa shape index (κ2) is 31.1. The smallest absolute Gasteiger partial charge is 0.215 e. The summed E-state index contributed by atoms with van der Waals surface area (Å²) >= 11 is 0. The van der Waals surface area contributed by atoms with E-state index >= 15 is 0 Å². The van der Waals surface area contributed by atoms with E-state index in [1.54, 1.807) is 0 Å². The molecule has 582 valence electrons. The Labute approximate surface area is 717 Å². The molecule has 3 heterocycles. The van der Waals surface area contributed by atoms with Crippen molar-refractivity contribution in [1.82, 2.24) is 13.7 Å². The topological polar surface area (TPSA) is 22.6 Å². The molecule has 0 radical (unpaired) electrons. The van der Waals surface area contributed by atoms with Crippen molar-refractivity contribution in [1.29, 1.82) is 0 Å². The first-order chi connectivity index (χ1) is 60.8. The SMILES string of the molecule is C1=CC2=[N+](c3ccccc3)c3ccc(N(c4ccccc4)c4ccc(-c5ccc(N(c6ccccc6)c6ccc7c(c6)c6ccccc6n7-c6ccccc6)cc5)cc4)cc3C2C=C1.CC1(C)c2ccccc2-c2cc(-c3ccc(N(c4ccc(-c5ccccc5)cc4)c4ccc(-c5ccc6c(c5)c5ccccc5n6-c5ccccc5)cc4)cc3)ccc21. The number of aromatic nitrogens is 2. The minimum atomic E-state index is -0.00401. The molecule has 1 unspecified atom stereocenters. The Morgan fingerprint density at radius 3 is 1.12 bits per heavy atom. The highest BCUT2D eigenvalue weighted by Crippen LogP contribution is 2.52. The fraction of sp³-hybridized carbons (Fsp3) is 0.0342. The fourth-order valence-corrected chi connectivity index (χ4v) is 19.2. The summed E-state index contributed by atoms with van der Waals surface area (Å²) in [5.74, 6) is 0.186. The van der Waals surface area contributed by atoms with E-state index in [-0.39, 0.29) is 11.3 Å². The molecule has 23 rings (SSSR count). The Hall–Kier alpha value is -15.9. The molecule has 2 aromatic heterocycles. The zero-order valence-electron chi connectivity index (χ0n) is 68.3. The van der Waals surface area contributed by atoms with Gasteiger partial charge in [-0.15, -0.1) is 0 Å². The summed E-state index contributed by atoms with van der Waals surface area (Å²) in [5, 5.41) is 4.96. The normalized spacial score (nSPS) is 13.3. The lowest BCUT2D eigenvalue weighted by molar-refractivity contribution is 0.660. The summed E-state index contributed by atoms with van der Waals surface area (Å²) in [6, 6.07) is 163. The van der Waals surface area contributed by atoms with Crippen LogP contribution in [0.25, 0.3) is 111 Å². The number of hydrogen-bond donors (Lipinski definition) is 0. The molecule has 123 heavy (non-hydrogen) atoms. The summed E-state index contributed by atoms with van der Waals surface area (Å²) in [7, 11) is 0. The third-order valence-electron chi connectivity index (χ3n) is 25.1. The molecule has 2 aliphatic carbocycles. The van der Waals surface area contributed by atoms with E-state index in [4.69, 9.17) is 0 Å². The molecule has 1 aliphatic heterocycles. The van der Waals surface area contributed by atoms with E-state index in [2.05, 4.69) is 515 Å². The van der Waals surface area contributed by atoms with Crippen LogP contribution < -0.4 is 19.3 Å². The summed E-state index contributed by atoms with van der Waals surface area (Å²) in [4.78, 5) is 7.08.